The zero-order chi connectivity index (χ0) is 18.2. The monoisotopic (exact) mass is 345 g/mol. The number of hydrogen-bond donors (Lipinski definition) is 2. The number of carbonyl (C=O) groups excluding carboxylic acids is 2. The molecule has 0 saturated carbocycles. The van der Waals surface area contributed by atoms with E-state index in [1.54, 1.807) is 18.3 Å². The highest BCUT2D eigenvalue weighted by Gasteiger charge is 2.08. The lowest BCUT2D eigenvalue weighted by Crippen LogP contribution is -2.36. The maximum atomic E-state index is 12.2. The molecule has 0 aliphatic rings. The lowest BCUT2D eigenvalue weighted by atomic mass is 10.0. The molecular formula is C21H19N3O2. The normalized spacial score (nSPS) is 10.2. The van der Waals surface area contributed by atoms with Crippen molar-refractivity contribution in [3.8, 4) is 11.1 Å². The highest BCUT2D eigenvalue weighted by Crippen LogP contribution is 2.19. The Labute approximate surface area is 152 Å². The lowest BCUT2D eigenvalue weighted by molar-refractivity contribution is -0.120. The van der Waals surface area contributed by atoms with Gasteiger partial charge in [0.2, 0.25) is 5.91 Å². The van der Waals surface area contributed by atoms with Gasteiger partial charge in [0.15, 0.2) is 0 Å². The van der Waals surface area contributed by atoms with Crippen LogP contribution in [-0.4, -0.2) is 23.3 Å². The molecule has 0 aliphatic carbocycles. The molecule has 0 saturated heterocycles. The second-order valence-corrected chi connectivity index (χ2v) is 5.72. The molecule has 0 spiro atoms. The SMILES string of the molecule is O=C(CNC(=O)c1ccc(-c2ccccc2)cc1)NCc1ccccn1. The summed E-state index contributed by atoms with van der Waals surface area (Å²) < 4.78 is 0. The van der Waals surface area contributed by atoms with Gasteiger partial charge in [0.25, 0.3) is 5.91 Å². The smallest absolute Gasteiger partial charge is 0.251 e. The second kappa shape index (κ2) is 8.58. The largest absolute Gasteiger partial charge is 0.349 e. The Kier molecular flexibility index (Phi) is 5.72. The molecule has 0 bridgehead atoms. The Bertz CT molecular complexity index is 863. The van der Waals surface area contributed by atoms with Crippen LogP contribution in [0, 0.1) is 0 Å². The van der Waals surface area contributed by atoms with E-state index in [1.807, 2.05) is 60.7 Å². The predicted molar refractivity (Wildman–Crippen MR) is 100 cm³/mol. The quantitative estimate of drug-likeness (QED) is 0.722. The molecule has 0 aliphatic heterocycles. The van der Waals surface area contributed by atoms with Crippen LogP contribution in [-0.2, 0) is 11.3 Å². The Hall–Kier alpha value is -3.47. The predicted octanol–water partition coefficient (Wildman–Crippen LogP) is 2.79. The molecule has 0 unspecified atom stereocenters. The van der Waals surface area contributed by atoms with Crippen LogP contribution in [0.5, 0.6) is 0 Å². The molecule has 130 valence electrons. The zero-order valence-electron chi connectivity index (χ0n) is 14.2. The van der Waals surface area contributed by atoms with Crippen molar-refractivity contribution in [1.82, 2.24) is 15.6 Å². The van der Waals surface area contributed by atoms with Gasteiger partial charge in [-0.3, -0.25) is 14.6 Å². The van der Waals surface area contributed by atoms with E-state index in [0.717, 1.165) is 16.8 Å². The summed E-state index contributed by atoms with van der Waals surface area (Å²) in [5.74, 6) is -0.539. The van der Waals surface area contributed by atoms with Crippen LogP contribution in [0.1, 0.15) is 16.1 Å². The molecule has 5 heteroatoms. The maximum absolute atomic E-state index is 12.2. The Balaban J connectivity index is 1.49. The van der Waals surface area contributed by atoms with Crippen LogP contribution in [0.2, 0.25) is 0 Å². The molecule has 1 aromatic heterocycles. The summed E-state index contributed by atoms with van der Waals surface area (Å²) in [5, 5.41) is 5.34. The fourth-order valence-corrected chi connectivity index (χ4v) is 2.46. The molecular weight excluding hydrogens is 326 g/mol. The molecule has 2 N–H and O–H groups in total. The fraction of sp³-hybridized carbons (Fsp3) is 0.0952. The van der Waals surface area contributed by atoms with Gasteiger partial charge in [-0.15, -0.1) is 0 Å². The first-order chi connectivity index (χ1) is 12.7. The minimum atomic E-state index is -0.280. The van der Waals surface area contributed by atoms with Crippen molar-refractivity contribution < 1.29 is 9.59 Å². The number of hydrogen-bond acceptors (Lipinski definition) is 3. The number of amides is 2. The van der Waals surface area contributed by atoms with Crippen LogP contribution in [0.15, 0.2) is 79.0 Å². The number of carbonyl (C=O) groups is 2. The van der Waals surface area contributed by atoms with E-state index in [0.29, 0.717) is 12.1 Å². The van der Waals surface area contributed by atoms with E-state index in [1.165, 1.54) is 0 Å². The van der Waals surface area contributed by atoms with Crippen molar-refractivity contribution in [1.29, 1.82) is 0 Å². The number of rotatable bonds is 6. The topological polar surface area (TPSA) is 71.1 Å². The molecule has 0 radical (unpaired) electrons. The first kappa shape index (κ1) is 17.4. The van der Waals surface area contributed by atoms with Crippen molar-refractivity contribution in [2.24, 2.45) is 0 Å². The van der Waals surface area contributed by atoms with Gasteiger partial charge in [-0.1, -0.05) is 48.5 Å². The van der Waals surface area contributed by atoms with Crippen molar-refractivity contribution in [3.05, 3.63) is 90.3 Å². The van der Waals surface area contributed by atoms with Gasteiger partial charge in [-0.05, 0) is 35.4 Å². The number of nitrogens with zero attached hydrogens (tertiary/aromatic N) is 1. The van der Waals surface area contributed by atoms with Gasteiger partial charge in [-0.25, -0.2) is 0 Å². The lowest BCUT2D eigenvalue weighted by Gasteiger charge is -2.07. The number of aromatic nitrogens is 1. The van der Waals surface area contributed by atoms with Crippen molar-refractivity contribution in [2.75, 3.05) is 6.54 Å². The van der Waals surface area contributed by atoms with Crippen LogP contribution in [0.4, 0.5) is 0 Å². The molecule has 2 amide bonds. The summed E-state index contributed by atoms with van der Waals surface area (Å²) in [6.45, 7) is 0.257. The van der Waals surface area contributed by atoms with Crippen LogP contribution < -0.4 is 10.6 Å². The average Bonchev–Trinajstić information content (AvgIpc) is 2.72. The summed E-state index contributed by atoms with van der Waals surface area (Å²) in [5.41, 5.74) is 3.41. The van der Waals surface area contributed by atoms with Crippen LogP contribution in [0.25, 0.3) is 11.1 Å². The Morgan fingerprint density at radius 2 is 1.46 bits per heavy atom. The fourth-order valence-electron chi connectivity index (χ4n) is 2.46. The molecule has 3 rings (SSSR count). The summed E-state index contributed by atoms with van der Waals surface area (Å²) in [6.07, 6.45) is 1.67. The molecule has 1 heterocycles. The van der Waals surface area contributed by atoms with E-state index in [4.69, 9.17) is 0 Å². The van der Waals surface area contributed by atoms with E-state index < -0.39 is 0 Å². The molecule has 0 atom stereocenters. The molecule has 2 aromatic carbocycles. The number of benzene rings is 2. The van der Waals surface area contributed by atoms with E-state index >= 15 is 0 Å². The van der Waals surface area contributed by atoms with E-state index in [2.05, 4.69) is 15.6 Å². The third-order valence-corrected chi connectivity index (χ3v) is 3.86. The van der Waals surface area contributed by atoms with Gasteiger partial charge in [0.05, 0.1) is 18.8 Å². The first-order valence-corrected chi connectivity index (χ1v) is 8.32. The van der Waals surface area contributed by atoms with Crippen molar-refractivity contribution in [2.45, 2.75) is 6.54 Å². The van der Waals surface area contributed by atoms with Gasteiger partial charge < -0.3 is 10.6 Å². The zero-order valence-corrected chi connectivity index (χ0v) is 14.2. The van der Waals surface area contributed by atoms with Gasteiger partial charge >= 0.3 is 0 Å². The number of nitrogens with one attached hydrogen (secondary N) is 2. The van der Waals surface area contributed by atoms with Crippen molar-refractivity contribution >= 4 is 11.8 Å². The third-order valence-electron chi connectivity index (χ3n) is 3.86. The molecule has 3 aromatic rings. The number of pyridine rings is 1. The molecule has 26 heavy (non-hydrogen) atoms. The standard InChI is InChI=1S/C21H19N3O2/c25-20(23-14-19-8-4-5-13-22-19)15-24-21(26)18-11-9-17(10-12-18)16-6-2-1-3-7-16/h1-13H,14-15H2,(H,23,25)(H,24,26). The van der Waals surface area contributed by atoms with Crippen LogP contribution in [0.3, 0.4) is 0 Å². The minimum Gasteiger partial charge on any atom is -0.349 e. The Morgan fingerprint density at radius 3 is 2.15 bits per heavy atom. The second-order valence-electron chi connectivity index (χ2n) is 5.72. The summed E-state index contributed by atoms with van der Waals surface area (Å²) in [7, 11) is 0. The van der Waals surface area contributed by atoms with E-state index in [-0.39, 0.29) is 18.4 Å². The summed E-state index contributed by atoms with van der Waals surface area (Å²) in [6, 6.07) is 22.7. The minimum absolute atomic E-state index is 0.0773. The average molecular weight is 345 g/mol. The van der Waals surface area contributed by atoms with Crippen molar-refractivity contribution in [3.63, 3.8) is 0 Å². The van der Waals surface area contributed by atoms with Gasteiger partial charge in [-0.2, -0.15) is 0 Å². The summed E-state index contributed by atoms with van der Waals surface area (Å²) >= 11 is 0. The van der Waals surface area contributed by atoms with Crippen LogP contribution >= 0.6 is 0 Å². The molecule has 5 nitrogen and oxygen atoms in total. The van der Waals surface area contributed by atoms with Gasteiger partial charge in [0, 0.05) is 11.8 Å². The summed E-state index contributed by atoms with van der Waals surface area (Å²) in [4.78, 5) is 28.1. The highest BCUT2D eigenvalue weighted by atomic mass is 16.2. The third kappa shape index (κ3) is 4.77. The van der Waals surface area contributed by atoms with E-state index in [9.17, 15) is 9.59 Å². The highest BCUT2D eigenvalue weighted by molar-refractivity contribution is 5.96. The first-order valence-electron chi connectivity index (χ1n) is 8.32. The molecule has 0 fully saturated rings. The Morgan fingerprint density at radius 1 is 0.769 bits per heavy atom. The maximum Gasteiger partial charge on any atom is 0.251 e. The van der Waals surface area contributed by atoms with Gasteiger partial charge in [0.1, 0.15) is 0 Å².